The minimum Gasteiger partial charge on any atom is -0.395 e. The van der Waals surface area contributed by atoms with Gasteiger partial charge in [0.15, 0.2) is 0 Å². The molecule has 40 heavy (non-hydrogen) atoms. The zero-order valence-electron chi connectivity index (χ0n) is 26.4. The van der Waals surface area contributed by atoms with E-state index in [-0.39, 0.29) is 57.8 Å². The molecule has 8 heteroatoms. The molecule has 6 nitrogen and oxygen atoms in total. The van der Waals surface area contributed by atoms with Crippen LogP contribution in [0.15, 0.2) is 0 Å². The summed E-state index contributed by atoms with van der Waals surface area (Å²) in [7, 11) is -3.92. The standard InChI is InChI=1S/C32H62O6S.K/c1-2-3-4-5-6-14-17-20-23-26-31(34)27-24-21-18-15-12-10-8-7-9-11-13-16-19-22-25-28-32(35)38-39(36,37)30-29-33;/h33H,2-30H2,1H3;. The summed E-state index contributed by atoms with van der Waals surface area (Å²) in [5, 5.41) is 8.62. The van der Waals surface area contributed by atoms with Crippen molar-refractivity contribution in [2.45, 2.75) is 180 Å². The van der Waals surface area contributed by atoms with Crippen LogP contribution in [0.3, 0.4) is 0 Å². The maximum atomic E-state index is 12.0. The zero-order valence-corrected chi connectivity index (χ0v) is 30.3. The smallest absolute Gasteiger partial charge is 0.322 e. The monoisotopic (exact) mass is 613 g/mol. The Kier molecular flexibility index (Phi) is 34.9. The van der Waals surface area contributed by atoms with Gasteiger partial charge >= 0.3 is 16.1 Å². The molecule has 0 heterocycles. The van der Waals surface area contributed by atoms with E-state index in [1.54, 1.807) is 0 Å². The molecular weight excluding hydrogens is 552 g/mol. The average Bonchev–Trinajstić information content (AvgIpc) is 2.89. The second kappa shape index (κ2) is 32.6. The summed E-state index contributed by atoms with van der Waals surface area (Å²) in [6.07, 6.45) is 31.1. The molecule has 0 bridgehead atoms. The normalized spacial score (nSPS) is 11.3. The Morgan fingerprint density at radius 2 is 0.825 bits per heavy atom. The number of hydrogen-bond donors (Lipinski definition) is 1. The van der Waals surface area contributed by atoms with Crippen LogP contribution in [0.1, 0.15) is 180 Å². The van der Waals surface area contributed by atoms with Gasteiger partial charge in [0.1, 0.15) is 11.5 Å². The van der Waals surface area contributed by atoms with Crippen LogP contribution >= 0.6 is 0 Å². The molecule has 0 saturated heterocycles. The number of ketones is 1. The number of aliphatic hydroxyl groups excluding tert-OH is 1. The fourth-order valence-corrected chi connectivity index (χ4v) is 5.66. The molecule has 0 aliphatic rings. The van der Waals surface area contributed by atoms with E-state index in [9.17, 15) is 18.0 Å². The van der Waals surface area contributed by atoms with Gasteiger partial charge in [-0.25, -0.2) is 0 Å². The number of unbranched alkanes of at least 4 members (excludes halogenated alkanes) is 22. The first-order chi connectivity index (χ1) is 18.9. The first-order valence-electron chi connectivity index (χ1n) is 16.5. The Bertz CT molecular complexity index is 668. The van der Waals surface area contributed by atoms with Gasteiger partial charge in [0.25, 0.3) is 0 Å². The minimum absolute atomic E-state index is 0. The van der Waals surface area contributed by atoms with Gasteiger partial charge in [0.05, 0.1) is 6.61 Å². The van der Waals surface area contributed by atoms with Crippen LogP contribution in [0.4, 0.5) is 0 Å². The summed E-state index contributed by atoms with van der Waals surface area (Å²) < 4.78 is 27.0. The predicted molar refractivity (Wildman–Crippen MR) is 168 cm³/mol. The Labute approximate surface area is 290 Å². The third-order valence-electron chi connectivity index (χ3n) is 7.46. The van der Waals surface area contributed by atoms with Crippen LogP contribution in [-0.4, -0.2) is 89.0 Å². The maximum Gasteiger partial charge on any atom is 0.322 e. The van der Waals surface area contributed by atoms with Crippen LogP contribution in [-0.2, 0) is 23.9 Å². The van der Waals surface area contributed by atoms with E-state index in [0.717, 1.165) is 44.9 Å². The SMILES string of the molecule is CCCCCCCCCCCC(=O)CCCCCCCCCCCCCCCCCC(=O)OS(=O)(=O)CCO.[K]. The molecule has 1 N–H and O–H groups in total. The third kappa shape index (κ3) is 33.2. The predicted octanol–water partition coefficient (Wildman–Crippen LogP) is 8.59. The maximum absolute atomic E-state index is 12.0. The number of aliphatic hydroxyl groups is 1. The first-order valence-corrected chi connectivity index (χ1v) is 18.1. The van der Waals surface area contributed by atoms with E-state index in [2.05, 4.69) is 11.1 Å². The number of carbonyl (C=O) groups is 2. The van der Waals surface area contributed by atoms with Crippen molar-refractivity contribution in [2.24, 2.45) is 0 Å². The molecule has 0 aromatic rings. The molecule has 233 valence electrons. The summed E-state index contributed by atoms with van der Waals surface area (Å²) in [6, 6.07) is 0. The summed E-state index contributed by atoms with van der Waals surface area (Å²) in [6.45, 7) is 1.72. The third-order valence-corrected chi connectivity index (χ3v) is 8.58. The van der Waals surface area contributed by atoms with Gasteiger partial charge < -0.3 is 9.29 Å². The molecule has 0 spiro atoms. The van der Waals surface area contributed by atoms with E-state index in [1.165, 1.54) is 116 Å². The molecule has 0 fully saturated rings. The van der Waals surface area contributed by atoms with Crippen molar-refractivity contribution in [3.8, 4) is 0 Å². The number of rotatable bonds is 31. The van der Waals surface area contributed by atoms with E-state index in [0.29, 0.717) is 12.2 Å². The van der Waals surface area contributed by atoms with E-state index in [4.69, 9.17) is 5.11 Å². The molecule has 1 radical (unpaired) electrons. The van der Waals surface area contributed by atoms with Crippen molar-refractivity contribution >= 4 is 73.3 Å². The molecule has 0 aromatic carbocycles. The molecule has 0 aliphatic heterocycles. The van der Waals surface area contributed by atoms with E-state index >= 15 is 0 Å². The quantitative estimate of drug-likeness (QED) is 0.0478. The first kappa shape index (κ1) is 42.8. The zero-order chi connectivity index (χ0) is 28.9. The Balaban J connectivity index is 0. The topological polar surface area (TPSA) is 97.7 Å². The van der Waals surface area contributed by atoms with Gasteiger partial charge in [-0.1, -0.05) is 142 Å². The Hall–Kier alpha value is 0.686. The molecule has 0 rings (SSSR count). The largest absolute Gasteiger partial charge is 0.395 e. The van der Waals surface area contributed by atoms with E-state index < -0.39 is 28.4 Å². The van der Waals surface area contributed by atoms with Gasteiger partial charge in [-0.3, -0.25) is 9.59 Å². The van der Waals surface area contributed by atoms with Crippen molar-refractivity contribution in [1.29, 1.82) is 0 Å². The van der Waals surface area contributed by atoms with Crippen LogP contribution < -0.4 is 0 Å². The Morgan fingerprint density at radius 3 is 1.15 bits per heavy atom. The summed E-state index contributed by atoms with van der Waals surface area (Å²) in [5.41, 5.74) is 0. The second-order valence-electron chi connectivity index (χ2n) is 11.4. The van der Waals surface area contributed by atoms with Gasteiger partial charge in [-0.05, 0) is 19.3 Å². The van der Waals surface area contributed by atoms with Gasteiger partial charge in [0.2, 0.25) is 0 Å². The van der Waals surface area contributed by atoms with Crippen LogP contribution in [0.25, 0.3) is 0 Å². The van der Waals surface area contributed by atoms with Crippen molar-refractivity contribution in [3.63, 3.8) is 0 Å². The molecule has 0 amide bonds. The molecule has 0 saturated carbocycles. The fraction of sp³-hybridized carbons (Fsp3) is 0.938. The van der Waals surface area contributed by atoms with Crippen molar-refractivity contribution < 1.29 is 27.3 Å². The molecule has 0 aliphatic carbocycles. The van der Waals surface area contributed by atoms with Crippen LogP contribution in [0.2, 0.25) is 0 Å². The van der Waals surface area contributed by atoms with Crippen LogP contribution in [0.5, 0.6) is 0 Å². The molecule has 0 unspecified atom stereocenters. The Morgan fingerprint density at radius 1 is 0.525 bits per heavy atom. The minimum atomic E-state index is -3.92. The molecule has 0 aromatic heterocycles. The van der Waals surface area contributed by atoms with E-state index in [1.807, 2.05) is 0 Å². The summed E-state index contributed by atoms with van der Waals surface area (Å²) in [4.78, 5) is 23.5. The summed E-state index contributed by atoms with van der Waals surface area (Å²) in [5.74, 6) is -0.787. The number of carbonyl (C=O) groups excluding carboxylic acids is 2. The average molecular weight is 614 g/mol. The summed E-state index contributed by atoms with van der Waals surface area (Å²) >= 11 is 0. The van der Waals surface area contributed by atoms with Crippen LogP contribution in [0, 0.1) is 0 Å². The second-order valence-corrected chi connectivity index (χ2v) is 13.1. The van der Waals surface area contributed by atoms with Crippen molar-refractivity contribution in [3.05, 3.63) is 0 Å². The van der Waals surface area contributed by atoms with Gasteiger partial charge in [-0.15, -0.1) is 0 Å². The van der Waals surface area contributed by atoms with Crippen molar-refractivity contribution in [1.82, 2.24) is 0 Å². The number of hydrogen-bond acceptors (Lipinski definition) is 6. The fourth-order valence-electron chi connectivity index (χ4n) is 4.98. The van der Waals surface area contributed by atoms with Crippen molar-refractivity contribution in [2.75, 3.05) is 12.4 Å². The molecular formula is C32H62KO6S. The van der Waals surface area contributed by atoms with Gasteiger partial charge in [0, 0.05) is 70.6 Å². The number of Topliss-reactive ketones (excluding diaryl/α,β-unsaturated/α-hetero) is 1. The van der Waals surface area contributed by atoms with Gasteiger partial charge in [-0.2, -0.15) is 8.42 Å². The molecule has 0 atom stereocenters.